The van der Waals surface area contributed by atoms with Crippen molar-refractivity contribution < 1.29 is 22.6 Å². The molecule has 4 aromatic rings. The fraction of sp³-hybridized carbons (Fsp3) is 0.227. The molecule has 0 radical (unpaired) electrons. The van der Waals surface area contributed by atoms with Crippen molar-refractivity contribution in [2.75, 3.05) is 18.5 Å². The highest BCUT2D eigenvalue weighted by Crippen LogP contribution is 2.42. The van der Waals surface area contributed by atoms with Crippen molar-refractivity contribution in [1.82, 2.24) is 19.6 Å². The molecule has 0 amide bonds. The molecule has 5 heterocycles. The molecule has 0 saturated carbocycles. The Kier molecular flexibility index (Phi) is 4.20. The van der Waals surface area contributed by atoms with Crippen molar-refractivity contribution in [2.45, 2.75) is 18.9 Å². The monoisotopic (exact) mass is 439 g/mol. The topological polar surface area (TPSA) is 73.6 Å². The molecule has 0 saturated heterocycles. The van der Waals surface area contributed by atoms with E-state index in [0.29, 0.717) is 40.7 Å². The van der Waals surface area contributed by atoms with Crippen molar-refractivity contribution in [3.8, 4) is 22.6 Å². The molecule has 0 spiro atoms. The molecule has 2 aliphatic heterocycles. The molecular weight excluding hydrogens is 423 g/mol. The molecule has 0 unspecified atom stereocenters. The third kappa shape index (κ3) is 2.79. The van der Waals surface area contributed by atoms with Gasteiger partial charge in [-0.2, -0.15) is 0 Å². The SMILES string of the molecule is Fc1ccc2c3c1CNc1c(cc(-c4cccnc4C(F)F)c4nncn14)OC[C@@H]3CO2. The number of aromatic nitrogens is 4. The fourth-order valence-corrected chi connectivity index (χ4v) is 4.40. The first-order valence-electron chi connectivity index (χ1n) is 10.0. The average Bonchev–Trinajstić information content (AvgIpc) is 3.45. The van der Waals surface area contributed by atoms with Crippen LogP contribution in [-0.4, -0.2) is 32.8 Å². The van der Waals surface area contributed by atoms with Crippen LogP contribution in [-0.2, 0) is 6.54 Å². The van der Waals surface area contributed by atoms with Crippen LogP contribution >= 0.6 is 0 Å². The minimum absolute atomic E-state index is 0.154. The normalized spacial score (nSPS) is 16.9. The summed E-state index contributed by atoms with van der Waals surface area (Å²) in [7, 11) is 0. The molecule has 162 valence electrons. The molecule has 32 heavy (non-hydrogen) atoms. The number of hydrogen-bond donors (Lipinski definition) is 1. The molecule has 0 bridgehead atoms. The summed E-state index contributed by atoms with van der Waals surface area (Å²) < 4.78 is 55.5. The lowest BCUT2D eigenvalue weighted by Gasteiger charge is -2.17. The standard InChI is InChI=1S/C22H16F3N5O2/c23-15-3-4-16-18-11(8-31-16)9-32-17-6-13(12-2-1-5-26-19(12)20(24)25)21-29-28-10-30(21)22(17)27-7-14(15)18/h1-6,10-11,20,27H,7-9H2/t11-/m0/s1. The zero-order valence-corrected chi connectivity index (χ0v) is 16.6. The minimum Gasteiger partial charge on any atom is -0.493 e. The summed E-state index contributed by atoms with van der Waals surface area (Å²) in [4.78, 5) is 3.85. The van der Waals surface area contributed by atoms with Gasteiger partial charge in [0.25, 0.3) is 6.43 Å². The van der Waals surface area contributed by atoms with Crippen LogP contribution < -0.4 is 14.8 Å². The minimum atomic E-state index is -2.76. The third-order valence-corrected chi connectivity index (χ3v) is 5.85. The van der Waals surface area contributed by atoms with Crippen LogP contribution in [0.15, 0.2) is 42.9 Å². The summed E-state index contributed by atoms with van der Waals surface area (Å²) in [5, 5.41) is 11.3. The molecule has 3 aromatic heterocycles. The van der Waals surface area contributed by atoms with Crippen molar-refractivity contribution in [2.24, 2.45) is 0 Å². The number of nitrogens with one attached hydrogen (secondary N) is 1. The van der Waals surface area contributed by atoms with Gasteiger partial charge < -0.3 is 14.8 Å². The summed E-state index contributed by atoms with van der Waals surface area (Å²) in [5.74, 6) is 1.09. The van der Waals surface area contributed by atoms with Crippen molar-refractivity contribution in [3.63, 3.8) is 0 Å². The van der Waals surface area contributed by atoms with E-state index in [1.54, 1.807) is 28.7 Å². The van der Waals surface area contributed by atoms with Crippen LogP contribution in [0.3, 0.4) is 0 Å². The van der Waals surface area contributed by atoms with Crippen LogP contribution in [0.1, 0.15) is 29.2 Å². The molecule has 7 nitrogen and oxygen atoms in total. The van der Waals surface area contributed by atoms with E-state index in [1.807, 2.05) is 0 Å². The van der Waals surface area contributed by atoms with Gasteiger partial charge in [-0.05, 0) is 24.3 Å². The second-order valence-corrected chi connectivity index (χ2v) is 7.64. The summed E-state index contributed by atoms with van der Waals surface area (Å²) in [6, 6.07) is 7.83. The lowest BCUT2D eigenvalue weighted by atomic mass is 9.96. The Hall–Kier alpha value is -3.82. The Labute approximate surface area is 179 Å². The maximum atomic E-state index is 14.7. The van der Waals surface area contributed by atoms with Gasteiger partial charge in [-0.3, -0.25) is 9.38 Å². The van der Waals surface area contributed by atoms with E-state index in [0.717, 1.165) is 5.56 Å². The van der Waals surface area contributed by atoms with Gasteiger partial charge in [0, 0.05) is 35.0 Å². The molecule has 10 heteroatoms. The number of pyridine rings is 2. The van der Waals surface area contributed by atoms with Crippen molar-refractivity contribution >= 4 is 11.5 Å². The van der Waals surface area contributed by atoms with Crippen LogP contribution in [0.2, 0.25) is 0 Å². The smallest absolute Gasteiger partial charge is 0.280 e. The molecule has 0 fully saturated rings. The number of anilines is 1. The Morgan fingerprint density at radius 1 is 1.09 bits per heavy atom. The number of ether oxygens (including phenoxy) is 2. The van der Waals surface area contributed by atoms with E-state index in [9.17, 15) is 13.2 Å². The molecule has 1 N–H and O–H groups in total. The number of hydrogen-bond acceptors (Lipinski definition) is 6. The quantitative estimate of drug-likeness (QED) is 0.501. The number of fused-ring (bicyclic) bond motifs is 3. The molecule has 1 atom stereocenters. The van der Waals surface area contributed by atoms with E-state index in [-0.39, 0.29) is 36.1 Å². The lowest BCUT2D eigenvalue weighted by molar-refractivity contribution is 0.147. The second kappa shape index (κ2) is 7.11. The Morgan fingerprint density at radius 2 is 1.94 bits per heavy atom. The van der Waals surface area contributed by atoms with Crippen LogP contribution in [0, 0.1) is 5.82 Å². The third-order valence-electron chi connectivity index (χ3n) is 5.85. The fourth-order valence-electron chi connectivity index (χ4n) is 4.40. The zero-order valence-electron chi connectivity index (χ0n) is 16.6. The van der Waals surface area contributed by atoms with Crippen LogP contribution in [0.25, 0.3) is 16.8 Å². The Bertz CT molecular complexity index is 1360. The van der Waals surface area contributed by atoms with E-state index in [2.05, 4.69) is 20.5 Å². The summed E-state index contributed by atoms with van der Waals surface area (Å²) in [6.07, 6.45) is 0.0282. The van der Waals surface area contributed by atoms with Gasteiger partial charge in [-0.15, -0.1) is 10.2 Å². The lowest BCUT2D eigenvalue weighted by Crippen LogP contribution is -2.13. The van der Waals surface area contributed by atoms with E-state index >= 15 is 0 Å². The Morgan fingerprint density at radius 3 is 2.78 bits per heavy atom. The zero-order chi connectivity index (χ0) is 21.8. The highest BCUT2D eigenvalue weighted by Gasteiger charge is 2.32. The van der Waals surface area contributed by atoms with Gasteiger partial charge in [0.1, 0.15) is 23.6 Å². The summed E-state index contributed by atoms with van der Waals surface area (Å²) in [6.45, 7) is 0.800. The summed E-state index contributed by atoms with van der Waals surface area (Å²) in [5.41, 5.74) is 1.97. The molecule has 1 aromatic carbocycles. The van der Waals surface area contributed by atoms with Gasteiger partial charge in [0.05, 0.1) is 19.1 Å². The van der Waals surface area contributed by atoms with Crippen molar-refractivity contribution in [3.05, 3.63) is 65.5 Å². The second-order valence-electron chi connectivity index (χ2n) is 7.64. The van der Waals surface area contributed by atoms with E-state index in [4.69, 9.17) is 9.47 Å². The van der Waals surface area contributed by atoms with Gasteiger partial charge >= 0.3 is 0 Å². The van der Waals surface area contributed by atoms with Gasteiger partial charge in [0.2, 0.25) is 0 Å². The molecule has 6 rings (SSSR count). The van der Waals surface area contributed by atoms with E-state index < -0.39 is 6.43 Å². The Balaban J connectivity index is 1.53. The van der Waals surface area contributed by atoms with Gasteiger partial charge in [0.15, 0.2) is 17.2 Å². The predicted molar refractivity (Wildman–Crippen MR) is 109 cm³/mol. The molecule has 0 aliphatic carbocycles. The highest BCUT2D eigenvalue weighted by atomic mass is 19.3. The van der Waals surface area contributed by atoms with Crippen molar-refractivity contribution in [1.29, 1.82) is 0 Å². The first-order valence-corrected chi connectivity index (χ1v) is 10.0. The number of alkyl halides is 2. The first-order chi connectivity index (χ1) is 15.6. The van der Waals surface area contributed by atoms with E-state index in [1.165, 1.54) is 18.6 Å². The number of halogens is 3. The first kappa shape index (κ1) is 18.9. The van der Waals surface area contributed by atoms with Crippen LogP contribution in [0.5, 0.6) is 11.5 Å². The predicted octanol–water partition coefficient (Wildman–Crippen LogP) is 4.35. The number of rotatable bonds is 2. The van der Waals surface area contributed by atoms with Crippen LogP contribution in [0.4, 0.5) is 19.0 Å². The van der Waals surface area contributed by atoms with Gasteiger partial charge in [-0.25, -0.2) is 13.2 Å². The maximum absolute atomic E-state index is 14.7. The average molecular weight is 439 g/mol. The van der Waals surface area contributed by atoms with Gasteiger partial charge in [-0.1, -0.05) is 6.07 Å². The number of benzene rings is 1. The maximum Gasteiger partial charge on any atom is 0.280 e. The highest BCUT2D eigenvalue weighted by molar-refractivity contribution is 5.83. The summed E-state index contributed by atoms with van der Waals surface area (Å²) >= 11 is 0. The molecular formula is C22H16F3N5O2. The largest absolute Gasteiger partial charge is 0.493 e. The molecule has 2 aliphatic rings. The number of nitrogens with zero attached hydrogens (tertiary/aromatic N) is 4.